The average Bonchev–Trinajstić information content (AvgIpc) is 4.06. The van der Waals surface area contributed by atoms with Crippen molar-refractivity contribution in [3.8, 4) is 23.3 Å². The number of alkyl halides is 3. The molecular formula is C54H67F3N10O5S. The SMILES string of the molecule is CC.COc1cc(SC)ccc1NCC#Cc1cc2c(NC3CCN(C(=O)CCCCCNC(=O)c4ccc(Nc5ncc6c(n5)N(C5CCCC5)CC(=O)N6C)c(OC)c4)CC3)cccc2n1CC(F)(F)F. The first-order valence-electron chi connectivity index (χ1n) is 25.1. The summed E-state index contributed by atoms with van der Waals surface area (Å²) in [7, 11) is 4.86. The van der Waals surface area contributed by atoms with Crippen LogP contribution in [-0.2, 0) is 16.1 Å². The minimum absolute atomic E-state index is 0.0111. The van der Waals surface area contributed by atoms with Crippen molar-refractivity contribution in [2.75, 3.05) is 86.0 Å². The van der Waals surface area contributed by atoms with Crippen LogP contribution in [0.5, 0.6) is 11.5 Å². The summed E-state index contributed by atoms with van der Waals surface area (Å²) in [5.41, 5.74) is 3.87. The molecule has 3 aromatic carbocycles. The van der Waals surface area contributed by atoms with Gasteiger partial charge in [-0.3, -0.25) is 14.4 Å². The van der Waals surface area contributed by atoms with E-state index in [2.05, 4.69) is 43.0 Å². The van der Waals surface area contributed by atoms with Crippen molar-refractivity contribution in [1.82, 2.24) is 24.8 Å². The lowest BCUT2D eigenvalue weighted by atomic mass is 10.0. The predicted octanol–water partition coefficient (Wildman–Crippen LogP) is 10.1. The number of nitrogens with one attached hydrogen (secondary N) is 4. The Morgan fingerprint density at radius 1 is 0.904 bits per heavy atom. The standard InChI is InChI=1S/C52H61F3N10O5S.C2H6/c1-62-44-31-58-51(61-49(44)64(32-48(62)67)36-12-7-8-13-36)60-42-20-18-34(28-45(42)69-2)50(68)57-24-9-5-6-17-47(66)63-26-22-35(23-27-63)59-40-15-10-16-43-39(40)29-37(65(43)33-52(53,54)55)14-11-25-56-41-21-19-38(71-4)30-46(41)70-3;1-2/h10,15-16,18-21,28-31,35-36,56,59H,5-9,12-13,17,22-27,32-33H2,1-4H3,(H,57,68)(H,58,60,61);1-2H3. The van der Waals surface area contributed by atoms with E-state index in [1.54, 1.807) is 73.4 Å². The molecule has 0 atom stereocenters. The number of hydrogen-bond acceptors (Lipinski definition) is 12. The van der Waals surface area contributed by atoms with Crippen LogP contribution in [0.3, 0.4) is 0 Å². The molecule has 4 N–H and O–H groups in total. The number of thioether (sulfide) groups is 1. The number of fused-ring (bicyclic) bond motifs is 2. The van der Waals surface area contributed by atoms with Crippen LogP contribution in [0.4, 0.5) is 47.7 Å². The second-order valence-electron chi connectivity index (χ2n) is 18.0. The zero-order valence-electron chi connectivity index (χ0n) is 42.6. The van der Waals surface area contributed by atoms with Gasteiger partial charge in [0.2, 0.25) is 17.8 Å². The normalized spacial score (nSPS) is 15.0. The number of methoxy groups -OCH3 is 2. The zero-order valence-corrected chi connectivity index (χ0v) is 43.4. The molecule has 2 aliphatic heterocycles. The maximum Gasteiger partial charge on any atom is 0.406 e. The Bertz CT molecular complexity index is 2780. The maximum absolute atomic E-state index is 13.9. The molecule has 5 aromatic rings. The summed E-state index contributed by atoms with van der Waals surface area (Å²) >= 11 is 1.59. The topological polar surface area (TPSA) is 158 Å². The molecule has 1 saturated carbocycles. The lowest BCUT2D eigenvalue weighted by molar-refractivity contribution is -0.140. The number of benzene rings is 3. The number of aromatic nitrogens is 3. The molecule has 1 saturated heterocycles. The number of piperidine rings is 1. The van der Waals surface area contributed by atoms with Gasteiger partial charge < -0.3 is 50.0 Å². The quantitative estimate of drug-likeness (QED) is 0.0375. The highest BCUT2D eigenvalue weighted by Crippen LogP contribution is 2.38. The fourth-order valence-corrected chi connectivity index (χ4v) is 9.95. The molecule has 0 radical (unpaired) electrons. The van der Waals surface area contributed by atoms with E-state index in [0.717, 1.165) is 54.2 Å². The first-order chi connectivity index (χ1) is 35.3. The molecule has 2 fully saturated rings. The third kappa shape index (κ3) is 13.6. The number of halogens is 3. The van der Waals surface area contributed by atoms with Crippen molar-refractivity contribution < 1.29 is 37.0 Å². The number of likely N-dealkylation sites (N-methyl/N-ethyl adjacent to an activating group) is 1. The van der Waals surface area contributed by atoms with Crippen LogP contribution in [0.1, 0.15) is 94.1 Å². The number of hydrogen-bond donors (Lipinski definition) is 4. The zero-order chi connectivity index (χ0) is 52.1. The Hall–Kier alpha value is -6.81. The minimum Gasteiger partial charge on any atom is -0.495 e. The fraction of sp³-hybridized carbons (Fsp3) is 0.463. The molecular weight excluding hydrogens is 958 g/mol. The Balaban J connectivity index is 0.00000385. The molecule has 0 bridgehead atoms. The molecule has 3 amide bonds. The van der Waals surface area contributed by atoms with Gasteiger partial charge in [-0.15, -0.1) is 11.8 Å². The van der Waals surface area contributed by atoms with Crippen LogP contribution >= 0.6 is 11.8 Å². The van der Waals surface area contributed by atoms with Gasteiger partial charge in [-0.2, -0.15) is 18.2 Å². The van der Waals surface area contributed by atoms with Gasteiger partial charge in [0.15, 0.2) is 5.82 Å². The number of nitrogens with zero attached hydrogens (tertiary/aromatic N) is 6. The van der Waals surface area contributed by atoms with Gasteiger partial charge in [0, 0.05) is 66.7 Å². The van der Waals surface area contributed by atoms with Crippen molar-refractivity contribution in [2.24, 2.45) is 0 Å². The van der Waals surface area contributed by atoms with Crippen molar-refractivity contribution in [2.45, 2.75) is 108 Å². The second kappa shape index (κ2) is 25.2. The highest BCUT2D eigenvalue weighted by Gasteiger charge is 2.35. The highest BCUT2D eigenvalue weighted by atomic mass is 32.2. The van der Waals surface area contributed by atoms with E-state index >= 15 is 0 Å². The van der Waals surface area contributed by atoms with Crippen LogP contribution in [0.25, 0.3) is 10.9 Å². The third-order valence-electron chi connectivity index (χ3n) is 13.4. The summed E-state index contributed by atoms with van der Waals surface area (Å²) in [6.45, 7) is 4.91. The first-order valence-corrected chi connectivity index (χ1v) is 26.4. The van der Waals surface area contributed by atoms with Gasteiger partial charge in [-0.25, -0.2) is 4.98 Å². The monoisotopic (exact) mass is 1020 g/mol. The fourth-order valence-electron chi connectivity index (χ4n) is 9.53. The number of carbonyl (C=O) groups excluding carboxylic acids is 3. The third-order valence-corrected chi connectivity index (χ3v) is 14.1. The smallest absolute Gasteiger partial charge is 0.406 e. The highest BCUT2D eigenvalue weighted by molar-refractivity contribution is 7.98. The van der Waals surface area contributed by atoms with Crippen LogP contribution in [0.15, 0.2) is 71.8 Å². The van der Waals surface area contributed by atoms with Crippen molar-refractivity contribution in [1.29, 1.82) is 0 Å². The first kappa shape index (κ1) is 54.0. The van der Waals surface area contributed by atoms with Crippen LogP contribution in [-0.4, -0.2) is 116 Å². The Kier molecular flexibility index (Phi) is 18.7. The van der Waals surface area contributed by atoms with Crippen molar-refractivity contribution in [3.05, 3.63) is 78.1 Å². The summed E-state index contributed by atoms with van der Waals surface area (Å²) in [6, 6.07) is 18.2. The molecule has 0 spiro atoms. The number of likely N-dealkylation sites (tertiary alicyclic amines) is 1. The molecule has 390 valence electrons. The summed E-state index contributed by atoms with van der Waals surface area (Å²) in [6.07, 6.45) is 7.44. The molecule has 15 nitrogen and oxygen atoms in total. The molecule has 1 aliphatic carbocycles. The van der Waals surface area contributed by atoms with Gasteiger partial charge >= 0.3 is 6.18 Å². The van der Waals surface area contributed by atoms with Crippen LogP contribution in [0.2, 0.25) is 0 Å². The summed E-state index contributed by atoms with van der Waals surface area (Å²) < 4.78 is 53.9. The summed E-state index contributed by atoms with van der Waals surface area (Å²) in [5, 5.41) is 13.6. The second-order valence-corrected chi connectivity index (χ2v) is 18.9. The number of ether oxygens (including phenoxy) is 2. The summed E-state index contributed by atoms with van der Waals surface area (Å²) in [5.74, 6) is 8.00. The van der Waals surface area contributed by atoms with Gasteiger partial charge in [-0.1, -0.05) is 45.1 Å². The van der Waals surface area contributed by atoms with Crippen molar-refractivity contribution >= 4 is 74.9 Å². The Morgan fingerprint density at radius 3 is 2.37 bits per heavy atom. The Morgan fingerprint density at radius 2 is 1.64 bits per heavy atom. The molecule has 19 heteroatoms. The molecule has 3 aliphatic rings. The molecule has 2 aromatic heterocycles. The number of rotatable bonds is 18. The molecule has 8 rings (SSSR count). The van der Waals surface area contributed by atoms with Crippen LogP contribution < -0.4 is 40.5 Å². The lowest BCUT2D eigenvalue weighted by Crippen LogP contribution is -2.48. The number of unbranched alkanes of at least 4 members (excludes halogenated alkanes) is 2. The number of anilines is 6. The molecule has 0 unspecified atom stereocenters. The number of amides is 3. The summed E-state index contributed by atoms with van der Waals surface area (Å²) in [4.78, 5) is 55.0. The predicted molar refractivity (Wildman–Crippen MR) is 285 cm³/mol. The molecule has 73 heavy (non-hydrogen) atoms. The van der Waals surface area contributed by atoms with Gasteiger partial charge in [-0.05, 0) is 105 Å². The van der Waals surface area contributed by atoms with Gasteiger partial charge in [0.25, 0.3) is 5.91 Å². The number of carbonyl (C=O) groups is 3. The largest absolute Gasteiger partial charge is 0.495 e. The van der Waals surface area contributed by atoms with E-state index in [4.69, 9.17) is 14.5 Å². The van der Waals surface area contributed by atoms with Gasteiger partial charge in [0.05, 0.1) is 56.1 Å². The van der Waals surface area contributed by atoms with E-state index in [0.29, 0.717) is 97.0 Å². The maximum atomic E-state index is 13.9. The van der Waals surface area contributed by atoms with E-state index < -0.39 is 12.7 Å². The van der Waals surface area contributed by atoms with E-state index in [9.17, 15) is 27.6 Å². The van der Waals surface area contributed by atoms with E-state index in [1.807, 2.05) is 49.3 Å². The van der Waals surface area contributed by atoms with Gasteiger partial charge in [0.1, 0.15) is 23.7 Å². The average molecular weight is 1030 g/mol. The lowest BCUT2D eigenvalue weighted by Gasteiger charge is -2.37. The molecule has 4 heterocycles. The van der Waals surface area contributed by atoms with E-state index in [1.165, 1.54) is 11.7 Å². The van der Waals surface area contributed by atoms with E-state index in [-0.39, 0.29) is 48.6 Å². The Labute approximate surface area is 430 Å². The van der Waals surface area contributed by atoms with Crippen LogP contribution in [0, 0.1) is 11.8 Å². The minimum atomic E-state index is -4.45. The van der Waals surface area contributed by atoms with Crippen molar-refractivity contribution in [3.63, 3.8) is 0 Å².